The molecule has 6 heteroatoms. The van der Waals surface area contributed by atoms with Gasteiger partial charge in [0.05, 0.1) is 6.61 Å². The molecule has 15 heavy (non-hydrogen) atoms. The smallest absolute Gasteiger partial charge is 0.0589 e. The Morgan fingerprint density at radius 2 is 1.87 bits per heavy atom. The van der Waals surface area contributed by atoms with Crippen LogP contribution in [0.3, 0.4) is 0 Å². The first-order valence-electron chi connectivity index (χ1n) is 5.06. The van der Waals surface area contributed by atoms with E-state index in [2.05, 4.69) is 14.9 Å². The van der Waals surface area contributed by atoms with Crippen molar-refractivity contribution in [2.75, 3.05) is 53.6 Å². The second kappa shape index (κ2) is 11.3. The molecule has 0 heterocycles. The number of rotatable bonds is 10. The van der Waals surface area contributed by atoms with Crippen LogP contribution in [0, 0.1) is 0 Å². The Morgan fingerprint density at radius 3 is 2.47 bits per heavy atom. The molecule has 0 unspecified atom stereocenters. The maximum atomic E-state index is 8.16. The molecule has 0 aromatic rings. The highest BCUT2D eigenvalue weighted by Crippen LogP contribution is 1.93. The van der Waals surface area contributed by atoms with E-state index < -0.39 is 0 Å². The summed E-state index contributed by atoms with van der Waals surface area (Å²) < 4.78 is 9.99. The van der Waals surface area contributed by atoms with Crippen molar-refractivity contribution in [3.05, 3.63) is 10.4 Å². The molecule has 0 rings (SSSR count). The van der Waals surface area contributed by atoms with Crippen molar-refractivity contribution in [2.45, 2.75) is 6.42 Å². The molecule has 0 aromatic heterocycles. The van der Waals surface area contributed by atoms with E-state index in [0.717, 1.165) is 32.7 Å². The zero-order valence-electron chi connectivity index (χ0n) is 9.56. The number of nitrogens with zero attached hydrogens (tertiary/aromatic N) is 4. The van der Waals surface area contributed by atoms with Crippen LogP contribution in [0.1, 0.15) is 6.42 Å². The quantitative estimate of drug-likeness (QED) is 0.239. The van der Waals surface area contributed by atoms with Crippen molar-refractivity contribution in [1.29, 1.82) is 0 Å². The Bertz CT molecular complexity index is 183. The van der Waals surface area contributed by atoms with Gasteiger partial charge in [-0.15, -0.1) is 0 Å². The van der Waals surface area contributed by atoms with E-state index in [-0.39, 0.29) is 0 Å². The summed E-state index contributed by atoms with van der Waals surface area (Å²) in [4.78, 5) is 4.93. The van der Waals surface area contributed by atoms with Crippen LogP contribution in [-0.2, 0) is 9.47 Å². The Labute approximate surface area is 90.8 Å². The number of azide groups is 1. The first-order valence-corrected chi connectivity index (χ1v) is 5.06. The van der Waals surface area contributed by atoms with E-state index in [1.165, 1.54) is 0 Å². The van der Waals surface area contributed by atoms with Gasteiger partial charge in [-0.05, 0) is 12.0 Å². The number of ether oxygens (including phenoxy) is 2. The van der Waals surface area contributed by atoms with Crippen molar-refractivity contribution in [3.63, 3.8) is 0 Å². The molecule has 0 saturated carbocycles. The normalized spacial score (nSPS) is 10.3. The van der Waals surface area contributed by atoms with Gasteiger partial charge in [0.2, 0.25) is 0 Å². The average Bonchev–Trinajstić information content (AvgIpc) is 2.25. The number of methoxy groups -OCH3 is 2. The Morgan fingerprint density at radius 1 is 1.13 bits per heavy atom. The maximum absolute atomic E-state index is 8.16. The third-order valence-electron chi connectivity index (χ3n) is 2.01. The minimum Gasteiger partial charge on any atom is -0.385 e. The topological polar surface area (TPSA) is 70.5 Å². The molecule has 0 bridgehead atoms. The Kier molecular flexibility index (Phi) is 10.7. The molecule has 0 radical (unpaired) electrons. The molecule has 6 nitrogen and oxygen atoms in total. The summed E-state index contributed by atoms with van der Waals surface area (Å²) >= 11 is 0. The molecule has 0 fully saturated rings. The van der Waals surface area contributed by atoms with Crippen LogP contribution >= 0.6 is 0 Å². The summed E-state index contributed by atoms with van der Waals surface area (Å²) in [5.41, 5.74) is 8.16. The summed E-state index contributed by atoms with van der Waals surface area (Å²) in [6.45, 7) is 4.54. The molecule has 0 spiro atoms. The SMILES string of the molecule is COCCCN(CCN=[N+]=[N-])CCOC. The van der Waals surface area contributed by atoms with Crippen molar-refractivity contribution in [3.8, 4) is 0 Å². The first-order chi connectivity index (χ1) is 7.35. The Hall–Kier alpha value is -0.810. The largest absolute Gasteiger partial charge is 0.385 e. The summed E-state index contributed by atoms with van der Waals surface area (Å²) in [6.07, 6.45) is 0.983. The summed E-state index contributed by atoms with van der Waals surface area (Å²) in [6, 6.07) is 0. The zero-order valence-corrected chi connectivity index (χ0v) is 9.56. The monoisotopic (exact) mass is 216 g/mol. The van der Waals surface area contributed by atoms with Gasteiger partial charge < -0.3 is 14.4 Å². The average molecular weight is 216 g/mol. The lowest BCUT2D eigenvalue weighted by atomic mass is 10.4. The van der Waals surface area contributed by atoms with Gasteiger partial charge in [0.25, 0.3) is 0 Å². The lowest BCUT2D eigenvalue weighted by molar-refractivity contribution is 0.134. The molecule has 0 aliphatic carbocycles. The number of hydrogen-bond acceptors (Lipinski definition) is 4. The van der Waals surface area contributed by atoms with Gasteiger partial charge in [0.1, 0.15) is 0 Å². The molecule has 0 aliphatic rings. The predicted molar refractivity (Wildman–Crippen MR) is 58.8 cm³/mol. The summed E-state index contributed by atoms with van der Waals surface area (Å²) in [5, 5.41) is 3.51. The van der Waals surface area contributed by atoms with E-state index in [1.54, 1.807) is 14.2 Å². The molecule has 0 aliphatic heterocycles. The second-order valence-electron chi connectivity index (χ2n) is 3.14. The molecule has 0 amide bonds. The van der Waals surface area contributed by atoms with Gasteiger partial charge in [-0.2, -0.15) is 0 Å². The minimum atomic E-state index is 0.507. The van der Waals surface area contributed by atoms with Crippen LogP contribution in [0.25, 0.3) is 10.4 Å². The van der Waals surface area contributed by atoms with Gasteiger partial charge in [0, 0.05) is 51.9 Å². The summed E-state index contributed by atoms with van der Waals surface area (Å²) in [7, 11) is 3.38. The zero-order chi connectivity index (χ0) is 11.4. The standard InChI is InChI=1S/C9H20N4O2/c1-14-8-3-5-13(7-9-15-2)6-4-11-12-10/h3-9H2,1-2H3. The Balaban J connectivity index is 3.67. The third-order valence-corrected chi connectivity index (χ3v) is 2.01. The van der Waals surface area contributed by atoms with Gasteiger partial charge in [0.15, 0.2) is 0 Å². The van der Waals surface area contributed by atoms with Gasteiger partial charge in [-0.3, -0.25) is 0 Å². The molecule has 0 saturated heterocycles. The fourth-order valence-corrected chi connectivity index (χ4v) is 1.22. The highest BCUT2D eigenvalue weighted by atomic mass is 16.5. The molecule has 88 valence electrons. The van der Waals surface area contributed by atoms with Crippen molar-refractivity contribution in [1.82, 2.24) is 4.90 Å². The van der Waals surface area contributed by atoms with Crippen LogP contribution in [0.5, 0.6) is 0 Å². The van der Waals surface area contributed by atoms with Crippen molar-refractivity contribution in [2.24, 2.45) is 5.11 Å². The van der Waals surface area contributed by atoms with Gasteiger partial charge in [-0.1, -0.05) is 5.11 Å². The highest BCUT2D eigenvalue weighted by Gasteiger charge is 2.02. The van der Waals surface area contributed by atoms with E-state index in [0.29, 0.717) is 13.2 Å². The van der Waals surface area contributed by atoms with Gasteiger partial charge >= 0.3 is 0 Å². The fourth-order valence-electron chi connectivity index (χ4n) is 1.22. The summed E-state index contributed by atoms with van der Waals surface area (Å²) in [5.74, 6) is 0. The van der Waals surface area contributed by atoms with E-state index in [1.807, 2.05) is 0 Å². The first kappa shape index (κ1) is 14.2. The van der Waals surface area contributed by atoms with E-state index in [4.69, 9.17) is 15.0 Å². The van der Waals surface area contributed by atoms with Gasteiger partial charge in [-0.25, -0.2) is 0 Å². The van der Waals surface area contributed by atoms with Crippen molar-refractivity contribution < 1.29 is 9.47 Å². The second-order valence-corrected chi connectivity index (χ2v) is 3.14. The molecular weight excluding hydrogens is 196 g/mol. The molecule has 0 atom stereocenters. The maximum Gasteiger partial charge on any atom is 0.0589 e. The highest BCUT2D eigenvalue weighted by molar-refractivity contribution is 4.60. The van der Waals surface area contributed by atoms with Crippen LogP contribution in [0.15, 0.2) is 5.11 Å². The fraction of sp³-hybridized carbons (Fsp3) is 1.00. The van der Waals surface area contributed by atoms with Crippen LogP contribution in [-0.4, -0.2) is 58.5 Å². The predicted octanol–water partition coefficient (Wildman–Crippen LogP) is 1.28. The van der Waals surface area contributed by atoms with E-state index in [9.17, 15) is 0 Å². The van der Waals surface area contributed by atoms with Crippen LogP contribution in [0.2, 0.25) is 0 Å². The molecule has 0 aromatic carbocycles. The lowest BCUT2D eigenvalue weighted by Gasteiger charge is -2.20. The van der Waals surface area contributed by atoms with Crippen LogP contribution < -0.4 is 0 Å². The molecular formula is C9H20N4O2. The minimum absolute atomic E-state index is 0.507. The third kappa shape index (κ3) is 9.49. The van der Waals surface area contributed by atoms with E-state index >= 15 is 0 Å². The number of hydrogen-bond donors (Lipinski definition) is 0. The lowest BCUT2D eigenvalue weighted by Crippen LogP contribution is -2.31. The van der Waals surface area contributed by atoms with Crippen molar-refractivity contribution >= 4 is 0 Å². The molecule has 0 N–H and O–H groups in total. The van der Waals surface area contributed by atoms with Crippen LogP contribution in [0.4, 0.5) is 0 Å².